The molecule has 0 saturated heterocycles. The van der Waals surface area contributed by atoms with E-state index in [4.69, 9.17) is 0 Å². The molecule has 0 aromatic heterocycles. The van der Waals surface area contributed by atoms with Crippen LogP contribution in [0.25, 0.3) is 0 Å². The van der Waals surface area contributed by atoms with Gasteiger partial charge in [-0.3, -0.25) is 0 Å². The quantitative estimate of drug-likeness (QED) is 0.200. The number of fused-ring (bicyclic) bond motifs is 7. The zero-order valence-corrected chi connectivity index (χ0v) is 27.0. The SMILES string of the molecule is CC1(C)CCC2(C)CC[C@@]3(C)C4(C)CCC5C(C)(C)CCCC5(C)C4CC(O)C3(I)C2(I)C1. The molecule has 1 N–H and O–H groups in total. The number of rotatable bonds is 0. The van der Waals surface area contributed by atoms with Gasteiger partial charge in [0, 0.05) is 3.42 Å². The Balaban J connectivity index is 1.65. The molecule has 0 bridgehead atoms. The number of aliphatic hydroxyl groups is 1. The Morgan fingerprint density at radius 1 is 0.727 bits per heavy atom. The minimum Gasteiger partial charge on any atom is -0.392 e. The number of hydrogen-bond acceptors (Lipinski definition) is 1. The molecule has 190 valence electrons. The van der Waals surface area contributed by atoms with Gasteiger partial charge in [-0.05, 0) is 109 Å². The summed E-state index contributed by atoms with van der Waals surface area (Å²) in [7, 11) is 0. The normalized spacial score (nSPS) is 59.5. The fourth-order valence-electron chi connectivity index (χ4n) is 11.4. The third kappa shape index (κ3) is 2.97. The van der Waals surface area contributed by atoms with Crippen LogP contribution in [0.5, 0.6) is 0 Å². The Morgan fingerprint density at radius 3 is 2.03 bits per heavy atom. The summed E-state index contributed by atoms with van der Waals surface area (Å²) in [6.45, 7) is 20.7. The lowest BCUT2D eigenvalue weighted by atomic mass is 9.31. The van der Waals surface area contributed by atoms with Crippen molar-refractivity contribution in [2.45, 2.75) is 139 Å². The Morgan fingerprint density at radius 2 is 1.36 bits per heavy atom. The zero-order chi connectivity index (χ0) is 24.5. The number of hydrogen-bond donors (Lipinski definition) is 1. The summed E-state index contributed by atoms with van der Waals surface area (Å²) in [4.78, 5) is 0. The molecule has 0 radical (unpaired) electrons. The first-order chi connectivity index (χ1) is 14.9. The standard InChI is InChI=1S/C30H50I2O/c1-23(2)14-15-25(5)16-17-28(8)27(7)13-10-20-24(3,4)11-9-12-26(20,6)21(27)18-22(33)30(28,32)29(25,31)19-23/h20-22,33H,9-19H2,1-8H3/t20?,21?,22?,25?,26?,27?,28-,29?,30?/m0/s1. The van der Waals surface area contributed by atoms with Gasteiger partial charge < -0.3 is 5.11 Å². The van der Waals surface area contributed by atoms with Gasteiger partial charge in [0.1, 0.15) is 0 Å². The average Bonchev–Trinajstić information content (AvgIpc) is 2.68. The molecule has 5 rings (SSSR count). The largest absolute Gasteiger partial charge is 0.392 e. The molecule has 3 heteroatoms. The molecule has 1 nitrogen and oxygen atoms in total. The summed E-state index contributed by atoms with van der Waals surface area (Å²) in [6.07, 6.45) is 14.3. The molecule has 5 fully saturated rings. The second kappa shape index (κ2) is 7.29. The van der Waals surface area contributed by atoms with E-state index < -0.39 is 0 Å². The average molecular weight is 681 g/mol. The van der Waals surface area contributed by atoms with Crippen LogP contribution in [0.2, 0.25) is 0 Å². The van der Waals surface area contributed by atoms with Gasteiger partial charge >= 0.3 is 0 Å². The minimum absolute atomic E-state index is 0.0678. The molecule has 5 aliphatic carbocycles. The van der Waals surface area contributed by atoms with Crippen molar-refractivity contribution >= 4 is 45.2 Å². The fraction of sp³-hybridized carbons (Fsp3) is 1.00. The first-order valence-corrected chi connectivity index (χ1v) is 16.1. The predicted molar refractivity (Wildman–Crippen MR) is 157 cm³/mol. The molecule has 0 heterocycles. The van der Waals surface area contributed by atoms with E-state index in [1.54, 1.807) is 0 Å². The van der Waals surface area contributed by atoms with E-state index in [1.807, 2.05) is 0 Å². The highest BCUT2D eigenvalue weighted by Gasteiger charge is 2.80. The van der Waals surface area contributed by atoms with Gasteiger partial charge in [-0.2, -0.15) is 0 Å². The highest BCUT2D eigenvalue weighted by Crippen LogP contribution is 2.82. The van der Waals surface area contributed by atoms with Gasteiger partial charge in [-0.15, -0.1) is 0 Å². The predicted octanol–water partition coefficient (Wildman–Crippen LogP) is 9.36. The van der Waals surface area contributed by atoms with Crippen molar-refractivity contribution in [3.63, 3.8) is 0 Å². The van der Waals surface area contributed by atoms with Crippen molar-refractivity contribution in [1.82, 2.24) is 0 Å². The molecule has 0 spiro atoms. The third-order valence-corrected chi connectivity index (χ3v) is 20.0. The van der Waals surface area contributed by atoms with Crippen molar-refractivity contribution in [2.24, 2.45) is 44.3 Å². The van der Waals surface area contributed by atoms with Crippen molar-refractivity contribution in [3.05, 3.63) is 0 Å². The zero-order valence-electron chi connectivity index (χ0n) is 22.7. The van der Waals surface area contributed by atoms with Crippen LogP contribution in [0.15, 0.2) is 0 Å². The summed E-state index contributed by atoms with van der Waals surface area (Å²) < 4.78 is 0.0751. The molecular weight excluding hydrogens is 630 g/mol. The van der Waals surface area contributed by atoms with Gasteiger partial charge in [0.05, 0.1) is 9.53 Å². The van der Waals surface area contributed by atoms with E-state index in [0.717, 1.165) is 12.3 Å². The molecule has 0 aromatic rings. The second-order valence-corrected chi connectivity index (χ2v) is 19.5. The van der Waals surface area contributed by atoms with Crippen LogP contribution in [0, 0.1) is 44.3 Å². The highest BCUT2D eigenvalue weighted by molar-refractivity contribution is 14.1. The maximum absolute atomic E-state index is 12.4. The van der Waals surface area contributed by atoms with Crippen molar-refractivity contribution < 1.29 is 5.11 Å². The smallest absolute Gasteiger partial charge is 0.0707 e. The van der Waals surface area contributed by atoms with Crippen LogP contribution in [0.1, 0.15) is 126 Å². The van der Waals surface area contributed by atoms with E-state index in [0.29, 0.717) is 33.0 Å². The minimum atomic E-state index is -0.202. The lowest BCUT2D eigenvalue weighted by molar-refractivity contribution is -0.244. The molecule has 0 aliphatic heterocycles. The van der Waals surface area contributed by atoms with Crippen LogP contribution in [-0.4, -0.2) is 18.1 Å². The number of halogens is 2. The fourth-order valence-corrected chi connectivity index (χ4v) is 15.9. The topological polar surface area (TPSA) is 20.2 Å². The van der Waals surface area contributed by atoms with Crippen LogP contribution in [0.3, 0.4) is 0 Å². The van der Waals surface area contributed by atoms with Crippen LogP contribution >= 0.6 is 45.2 Å². The molecule has 0 aromatic carbocycles. The van der Waals surface area contributed by atoms with E-state index in [9.17, 15) is 5.11 Å². The van der Waals surface area contributed by atoms with Gasteiger partial charge in [0.15, 0.2) is 0 Å². The summed E-state index contributed by atoms with van der Waals surface area (Å²) in [5, 5.41) is 12.4. The molecular formula is C30H50I2O. The Hall–Kier alpha value is 1.42. The molecule has 33 heavy (non-hydrogen) atoms. The lowest BCUT2D eigenvalue weighted by Gasteiger charge is -2.79. The van der Waals surface area contributed by atoms with Crippen LogP contribution in [-0.2, 0) is 0 Å². The van der Waals surface area contributed by atoms with Gasteiger partial charge in [-0.1, -0.05) is 107 Å². The van der Waals surface area contributed by atoms with Crippen molar-refractivity contribution in [2.75, 3.05) is 0 Å². The van der Waals surface area contributed by atoms with Gasteiger partial charge in [0.25, 0.3) is 0 Å². The summed E-state index contributed by atoms with van der Waals surface area (Å²) in [6, 6.07) is 0. The third-order valence-electron chi connectivity index (χ3n) is 13.6. The number of alkyl halides is 2. The van der Waals surface area contributed by atoms with Gasteiger partial charge in [0.2, 0.25) is 0 Å². The first-order valence-electron chi connectivity index (χ1n) is 14.0. The number of aliphatic hydroxyl groups excluding tert-OH is 1. The lowest BCUT2D eigenvalue weighted by Crippen LogP contribution is -2.80. The van der Waals surface area contributed by atoms with E-state index >= 15 is 0 Å². The Labute approximate surface area is 232 Å². The van der Waals surface area contributed by atoms with Crippen molar-refractivity contribution in [3.8, 4) is 0 Å². The Kier molecular flexibility index (Phi) is 5.75. The molecule has 5 saturated carbocycles. The molecule has 5 aliphatic rings. The van der Waals surface area contributed by atoms with Gasteiger partial charge in [-0.25, -0.2) is 0 Å². The summed E-state index contributed by atoms with van der Waals surface area (Å²) in [5.41, 5.74) is 2.01. The molecule has 0 amide bonds. The maximum Gasteiger partial charge on any atom is 0.0707 e. The monoisotopic (exact) mass is 680 g/mol. The van der Waals surface area contributed by atoms with E-state index in [1.165, 1.54) is 64.2 Å². The Bertz CT molecular complexity index is 837. The van der Waals surface area contributed by atoms with E-state index in [-0.39, 0.29) is 18.4 Å². The maximum atomic E-state index is 12.4. The first kappa shape index (κ1) is 26.0. The molecule has 9 atom stereocenters. The highest BCUT2D eigenvalue weighted by atomic mass is 127. The second-order valence-electron chi connectivity index (χ2n) is 15.9. The summed E-state index contributed by atoms with van der Waals surface area (Å²) in [5.74, 6) is 1.46. The van der Waals surface area contributed by atoms with Crippen molar-refractivity contribution in [1.29, 1.82) is 0 Å². The van der Waals surface area contributed by atoms with Crippen LogP contribution < -0.4 is 0 Å². The summed E-state index contributed by atoms with van der Waals surface area (Å²) >= 11 is 5.82. The van der Waals surface area contributed by atoms with E-state index in [2.05, 4.69) is 101 Å². The molecule has 8 unspecified atom stereocenters. The van der Waals surface area contributed by atoms with Crippen LogP contribution in [0.4, 0.5) is 0 Å².